The number of nitrogens with one attached hydrogen (secondary N) is 2. The average molecular weight is 371 g/mol. The molecule has 8 heteroatoms. The van der Waals surface area contributed by atoms with E-state index in [2.05, 4.69) is 10.6 Å². The first-order chi connectivity index (χ1) is 11.3. The number of carbonyl (C=O) groups is 2. The van der Waals surface area contributed by atoms with Gasteiger partial charge in [0.25, 0.3) is 0 Å². The smallest absolute Gasteiger partial charge is 0.244 e. The van der Waals surface area contributed by atoms with Crippen molar-refractivity contribution in [2.75, 3.05) is 18.1 Å². The molecule has 1 unspecified atom stereocenters. The first kappa shape index (κ1) is 18.5. The Morgan fingerprint density at radius 2 is 2.12 bits per heavy atom. The number of amides is 2. The molecule has 2 rings (SSSR count). The summed E-state index contributed by atoms with van der Waals surface area (Å²) in [6.45, 7) is 0.185. The predicted molar refractivity (Wildman–Crippen MR) is 93.3 cm³/mol. The molecule has 2 amide bonds. The van der Waals surface area contributed by atoms with Crippen LogP contribution in [0.2, 0.25) is 5.02 Å². The van der Waals surface area contributed by atoms with Crippen LogP contribution in [0.4, 0.5) is 0 Å². The van der Waals surface area contributed by atoms with Gasteiger partial charge in [-0.2, -0.15) is 0 Å². The van der Waals surface area contributed by atoms with E-state index in [0.717, 1.165) is 5.56 Å². The van der Waals surface area contributed by atoms with E-state index in [4.69, 9.17) is 11.6 Å². The minimum Gasteiger partial charge on any atom is -0.352 e. The molecular formula is C16H19ClN2O4S. The number of hydrogen-bond donors (Lipinski definition) is 2. The number of benzene rings is 1. The standard InChI is InChI=1S/C16H19ClN2O4S/c17-13-3-1-2-12(10-13)4-5-15(20)18-8-6-16(21)19-14-7-9-24(22,23)11-14/h1-5,10,14H,6-9,11H2,(H,18,20)(H,19,21). The molecule has 1 heterocycles. The fraction of sp³-hybridized carbons (Fsp3) is 0.375. The van der Waals surface area contributed by atoms with Crippen molar-refractivity contribution in [2.45, 2.75) is 18.9 Å². The Morgan fingerprint density at radius 1 is 1.33 bits per heavy atom. The summed E-state index contributed by atoms with van der Waals surface area (Å²) in [5.41, 5.74) is 0.804. The predicted octanol–water partition coefficient (Wildman–Crippen LogP) is 1.16. The molecule has 1 aromatic rings. The summed E-state index contributed by atoms with van der Waals surface area (Å²) >= 11 is 5.85. The zero-order valence-corrected chi connectivity index (χ0v) is 14.6. The van der Waals surface area contributed by atoms with Crippen molar-refractivity contribution in [3.05, 3.63) is 40.9 Å². The quantitative estimate of drug-likeness (QED) is 0.735. The number of halogens is 1. The first-order valence-electron chi connectivity index (χ1n) is 7.55. The molecule has 1 aromatic carbocycles. The topological polar surface area (TPSA) is 92.3 Å². The molecule has 1 aliphatic heterocycles. The second kappa shape index (κ2) is 8.30. The lowest BCUT2D eigenvalue weighted by Gasteiger charge is -2.10. The van der Waals surface area contributed by atoms with Crippen LogP contribution in [-0.2, 0) is 19.4 Å². The van der Waals surface area contributed by atoms with Crippen molar-refractivity contribution < 1.29 is 18.0 Å². The van der Waals surface area contributed by atoms with Crippen molar-refractivity contribution in [2.24, 2.45) is 0 Å². The highest BCUT2D eigenvalue weighted by atomic mass is 35.5. The number of rotatable bonds is 6. The maximum Gasteiger partial charge on any atom is 0.244 e. The molecule has 24 heavy (non-hydrogen) atoms. The van der Waals surface area contributed by atoms with Gasteiger partial charge in [0.2, 0.25) is 11.8 Å². The first-order valence-corrected chi connectivity index (χ1v) is 9.75. The summed E-state index contributed by atoms with van der Waals surface area (Å²) in [6, 6.07) is 6.76. The molecule has 1 fully saturated rings. The molecule has 0 radical (unpaired) electrons. The van der Waals surface area contributed by atoms with Crippen LogP contribution in [0.5, 0.6) is 0 Å². The molecule has 2 N–H and O–H groups in total. The van der Waals surface area contributed by atoms with E-state index < -0.39 is 9.84 Å². The number of carbonyl (C=O) groups excluding carboxylic acids is 2. The number of hydrogen-bond acceptors (Lipinski definition) is 4. The second-order valence-electron chi connectivity index (χ2n) is 5.60. The molecule has 1 atom stereocenters. The summed E-state index contributed by atoms with van der Waals surface area (Å²) in [5, 5.41) is 5.86. The monoisotopic (exact) mass is 370 g/mol. The van der Waals surface area contributed by atoms with Gasteiger partial charge < -0.3 is 10.6 Å². The van der Waals surface area contributed by atoms with Crippen LogP contribution in [0.15, 0.2) is 30.3 Å². The molecule has 1 saturated heterocycles. The third-order valence-electron chi connectivity index (χ3n) is 3.52. The molecule has 0 aromatic heterocycles. The Hall–Kier alpha value is -1.86. The lowest BCUT2D eigenvalue weighted by atomic mass is 10.2. The molecule has 130 valence electrons. The van der Waals surface area contributed by atoms with Crippen LogP contribution in [0.1, 0.15) is 18.4 Å². The van der Waals surface area contributed by atoms with Crippen molar-refractivity contribution >= 4 is 39.3 Å². The van der Waals surface area contributed by atoms with Gasteiger partial charge in [0.15, 0.2) is 9.84 Å². The van der Waals surface area contributed by atoms with E-state index in [-0.39, 0.29) is 42.3 Å². The molecular weight excluding hydrogens is 352 g/mol. The molecule has 0 saturated carbocycles. The average Bonchev–Trinajstić information content (AvgIpc) is 2.84. The van der Waals surface area contributed by atoms with E-state index in [1.165, 1.54) is 6.08 Å². The molecule has 0 spiro atoms. The third kappa shape index (κ3) is 6.33. The van der Waals surface area contributed by atoms with Gasteiger partial charge in [0.1, 0.15) is 0 Å². The summed E-state index contributed by atoms with van der Waals surface area (Å²) in [7, 11) is -3.01. The normalized spacial score (nSPS) is 19.3. The van der Waals surface area contributed by atoms with E-state index >= 15 is 0 Å². The highest BCUT2D eigenvalue weighted by Crippen LogP contribution is 2.12. The van der Waals surface area contributed by atoms with Crippen molar-refractivity contribution in [1.82, 2.24) is 10.6 Å². The molecule has 1 aliphatic rings. The Balaban J connectivity index is 1.68. The molecule has 6 nitrogen and oxygen atoms in total. The Bertz CT molecular complexity index is 746. The van der Waals surface area contributed by atoms with Gasteiger partial charge in [-0.05, 0) is 30.2 Å². The summed E-state index contributed by atoms with van der Waals surface area (Å²) in [5.74, 6) is -0.473. The lowest BCUT2D eigenvalue weighted by molar-refractivity contribution is -0.121. The maximum absolute atomic E-state index is 11.7. The van der Waals surface area contributed by atoms with Gasteiger partial charge >= 0.3 is 0 Å². The fourth-order valence-electron chi connectivity index (χ4n) is 2.35. The Kier molecular flexibility index (Phi) is 6.39. The lowest BCUT2D eigenvalue weighted by Crippen LogP contribution is -2.37. The highest BCUT2D eigenvalue weighted by Gasteiger charge is 2.28. The van der Waals surface area contributed by atoms with Crippen molar-refractivity contribution in [3.63, 3.8) is 0 Å². The largest absolute Gasteiger partial charge is 0.352 e. The zero-order chi connectivity index (χ0) is 17.6. The van der Waals surface area contributed by atoms with Crippen LogP contribution < -0.4 is 10.6 Å². The van der Waals surface area contributed by atoms with Gasteiger partial charge in [0.05, 0.1) is 11.5 Å². The third-order valence-corrected chi connectivity index (χ3v) is 5.53. The highest BCUT2D eigenvalue weighted by molar-refractivity contribution is 7.91. The Morgan fingerprint density at radius 3 is 2.79 bits per heavy atom. The molecule has 0 bridgehead atoms. The van der Waals surface area contributed by atoms with Crippen molar-refractivity contribution in [3.8, 4) is 0 Å². The number of sulfone groups is 1. The second-order valence-corrected chi connectivity index (χ2v) is 8.26. The van der Waals surface area contributed by atoms with Crippen LogP contribution in [0.25, 0.3) is 6.08 Å². The van der Waals surface area contributed by atoms with E-state index in [1.54, 1.807) is 24.3 Å². The van der Waals surface area contributed by atoms with Gasteiger partial charge in [0, 0.05) is 30.1 Å². The minimum atomic E-state index is -3.01. The van der Waals surface area contributed by atoms with Gasteiger partial charge in [-0.15, -0.1) is 0 Å². The van der Waals surface area contributed by atoms with E-state index in [0.29, 0.717) is 11.4 Å². The minimum absolute atomic E-state index is 0.00648. The maximum atomic E-state index is 11.7. The Labute approximate surface area is 146 Å². The van der Waals surface area contributed by atoms with Crippen LogP contribution in [0.3, 0.4) is 0 Å². The van der Waals surface area contributed by atoms with Gasteiger partial charge in [-0.1, -0.05) is 23.7 Å². The van der Waals surface area contributed by atoms with Crippen LogP contribution in [0, 0.1) is 0 Å². The molecule has 0 aliphatic carbocycles. The fourth-order valence-corrected chi connectivity index (χ4v) is 4.22. The van der Waals surface area contributed by atoms with E-state index in [1.807, 2.05) is 6.07 Å². The SMILES string of the molecule is O=C(C=Cc1cccc(Cl)c1)NCCC(=O)NC1CCS(=O)(=O)C1. The summed E-state index contributed by atoms with van der Waals surface area (Å²) in [6.07, 6.45) is 3.55. The van der Waals surface area contributed by atoms with Crippen molar-refractivity contribution in [1.29, 1.82) is 0 Å². The van der Waals surface area contributed by atoms with Crippen LogP contribution in [-0.4, -0.2) is 44.3 Å². The van der Waals surface area contributed by atoms with Gasteiger partial charge in [-0.3, -0.25) is 9.59 Å². The summed E-state index contributed by atoms with van der Waals surface area (Å²) in [4.78, 5) is 23.4. The zero-order valence-electron chi connectivity index (χ0n) is 13.0. The van der Waals surface area contributed by atoms with E-state index in [9.17, 15) is 18.0 Å². The van der Waals surface area contributed by atoms with Crippen LogP contribution >= 0.6 is 11.6 Å². The summed E-state index contributed by atoms with van der Waals surface area (Å²) < 4.78 is 22.6. The van der Waals surface area contributed by atoms with Gasteiger partial charge in [-0.25, -0.2) is 8.42 Å².